The van der Waals surface area contributed by atoms with Crippen molar-refractivity contribution in [3.63, 3.8) is 0 Å². The number of amides is 1. The predicted octanol–water partition coefficient (Wildman–Crippen LogP) is 0.239. The molecule has 3 N–H and O–H groups in total. The van der Waals surface area contributed by atoms with E-state index in [-0.39, 0.29) is 12.0 Å². The summed E-state index contributed by atoms with van der Waals surface area (Å²) in [6.45, 7) is 1.99. The number of rotatable bonds is 5. The number of carbonyl (C=O) groups excluding carboxylic acids is 1. The van der Waals surface area contributed by atoms with Gasteiger partial charge in [-0.3, -0.25) is 4.79 Å². The van der Waals surface area contributed by atoms with E-state index >= 15 is 0 Å². The monoisotopic (exact) mass is 260 g/mol. The molecular weight excluding hydrogens is 242 g/mol. The van der Waals surface area contributed by atoms with E-state index in [1.165, 1.54) is 0 Å². The zero-order chi connectivity index (χ0) is 13.5. The first-order valence-electron chi connectivity index (χ1n) is 6.52. The Morgan fingerprint density at radius 2 is 2.37 bits per heavy atom. The summed E-state index contributed by atoms with van der Waals surface area (Å²) in [5, 5.41) is 13.6. The third-order valence-corrected chi connectivity index (χ3v) is 3.10. The second-order valence-corrected chi connectivity index (χ2v) is 4.57. The lowest BCUT2D eigenvalue weighted by Gasteiger charge is -2.09. The molecule has 1 saturated heterocycles. The maximum Gasteiger partial charge on any atom is 0.279 e. The molecule has 5 heteroatoms. The molecule has 0 bridgehead atoms. The smallest absolute Gasteiger partial charge is 0.279 e. The minimum Gasteiger partial charge on any atom is -0.372 e. The topological polar surface area (TPSA) is 78.7 Å². The van der Waals surface area contributed by atoms with Crippen molar-refractivity contribution in [3.8, 4) is 6.07 Å². The van der Waals surface area contributed by atoms with E-state index in [4.69, 9.17) is 10.00 Å². The Morgan fingerprint density at radius 1 is 1.53 bits per heavy atom. The Hall–Kier alpha value is -1.90. The number of benzene rings is 1. The summed E-state index contributed by atoms with van der Waals surface area (Å²) in [6.07, 6.45) is 2.47. The van der Waals surface area contributed by atoms with Crippen molar-refractivity contribution in [2.75, 3.05) is 25.0 Å². The minimum atomic E-state index is -0.0966. The zero-order valence-electron chi connectivity index (χ0n) is 10.8. The van der Waals surface area contributed by atoms with Crippen molar-refractivity contribution in [1.82, 2.24) is 0 Å². The van der Waals surface area contributed by atoms with Crippen molar-refractivity contribution >= 4 is 11.6 Å². The van der Waals surface area contributed by atoms with Gasteiger partial charge in [0.25, 0.3) is 5.91 Å². The lowest BCUT2D eigenvalue weighted by atomic mass is 10.2. The molecule has 1 atom stereocenters. The SMILES string of the molecule is N#Cc1ccccc1NC(=O)C[NH2+]C[C@H]1CCCO1. The second-order valence-electron chi connectivity index (χ2n) is 4.57. The van der Waals surface area contributed by atoms with E-state index in [9.17, 15) is 4.79 Å². The molecule has 2 rings (SSSR count). The van der Waals surface area contributed by atoms with E-state index in [0.29, 0.717) is 17.8 Å². The van der Waals surface area contributed by atoms with Crippen LogP contribution in [0.25, 0.3) is 0 Å². The molecule has 1 fully saturated rings. The number of nitrogens with zero attached hydrogens (tertiary/aromatic N) is 1. The third-order valence-electron chi connectivity index (χ3n) is 3.10. The normalized spacial score (nSPS) is 17.9. The Labute approximate surface area is 112 Å². The van der Waals surface area contributed by atoms with Gasteiger partial charge in [-0.05, 0) is 25.0 Å². The third kappa shape index (κ3) is 4.05. The van der Waals surface area contributed by atoms with Crippen molar-refractivity contribution in [2.24, 2.45) is 0 Å². The van der Waals surface area contributed by atoms with Gasteiger partial charge in [0, 0.05) is 6.61 Å². The molecule has 0 aromatic heterocycles. The van der Waals surface area contributed by atoms with Crippen molar-refractivity contribution < 1.29 is 14.8 Å². The molecule has 0 spiro atoms. The lowest BCUT2D eigenvalue weighted by molar-refractivity contribution is -0.649. The van der Waals surface area contributed by atoms with E-state index in [0.717, 1.165) is 26.0 Å². The standard InChI is InChI=1S/C14H17N3O2/c15-8-11-4-1-2-6-13(11)17-14(18)10-16-9-12-5-3-7-19-12/h1-2,4,6,12,16H,3,5,7,9-10H2,(H,17,18)/p+1/t12-/m1/s1. The first-order valence-corrected chi connectivity index (χ1v) is 6.52. The number of carbonyl (C=O) groups is 1. The molecule has 0 saturated carbocycles. The summed E-state index contributed by atoms with van der Waals surface area (Å²) in [5.74, 6) is -0.0966. The van der Waals surface area contributed by atoms with Gasteiger partial charge in [-0.25, -0.2) is 0 Å². The summed E-state index contributed by atoms with van der Waals surface area (Å²) in [7, 11) is 0. The Kier molecular flexibility index (Phi) is 4.90. The van der Waals surface area contributed by atoms with Gasteiger partial charge in [-0.1, -0.05) is 12.1 Å². The van der Waals surface area contributed by atoms with Crippen LogP contribution in [0.5, 0.6) is 0 Å². The summed E-state index contributed by atoms with van der Waals surface area (Å²) >= 11 is 0. The van der Waals surface area contributed by atoms with Crippen LogP contribution in [0.15, 0.2) is 24.3 Å². The van der Waals surface area contributed by atoms with Crippen LogP contribution in [-0.4, -0.2) is 31.7 Å². The number of nitrogens with one attached hydrogen (secondary N) is 1. The summed E-state index contributed by atoms with van der Waals surface area (Å²) < 4.78 is 5.48. The molecule has 1 aliphatic rings. The van der Waals surface area contributed by atoms with Gasteiger partial charge in [0.1, 0.15) is 18.7 Å². The van der Waals surface area contributed by atoms with Crippen molar-refractivity contribution in [2.45, 2.75) is 18.9 Å². The van der Waals surface area contributed by atoms with Gasteiger partial charge in [0.05, 0.1) is 11.3 Å². The molecule has 100 valence electrons. The highest BCUT2D eigenvalue weighted by atomic mass is 16.5. The molecular formula is C14H18N3O2+. The minimum absolute atomic E-state index is 0.0966. The van der Waals surface area contributed by atoms with E-state index in [1.807, 2.05) is 5.32 Å². The highest BCUT2D eigenvalue weighted by Gasteiger charge is 2.17. The number of nitrogens with two attached hydrogens (primary N) is 1. The van der Waals surface area contributed by atoms with E-state index < -0.39 is 0 Å². The van der Waals surface area contributed by atoms with Gasteiger partial charge < -0.3 is 15.4 Å². The number of para-hydroxylation sites is 1. The Bertz CT molecular complexity index is 476. The van der Waals surface area contributed by atoms with Gasteiger partial charge in [0.2, 0.25) is 0 Å². The molecule has 0 aliphatic carbocycles. The van der Waals surface area contributed by atoms with Crippen LogP contribution >= 0.6 is 0 Å². The predicted molar refractivity (Wildman–Crippen MR) is 70.4 cm³/mol. The summed E-state index contributed by atoms with van der Waals surface area (Å²) in [6, 6.07) is 9.05. The highest BCUT2D eigenvalue weighted by molar-refractivity contribution is 5.92. The first-order chi connectivity index (χ1) is 9.29. The summed E-state index contributed by atoms with van der Waals surface area (Å²) in [5.41, 5.74) is 1.05. The number of nitriles is 1. The molecule has 1 aromatic carbocycles. The quantitative estimate of drug-likeness (QED) is 0.796. The molecule has 0 radical (unpaired) electrons. The van der Waals surface area contributed by atoms with E-state index in [2.05, 4.69) is 11.4 Å². The second kappa shape index (κ2) is 6.88. The molecule has 1 aromatic rings. The number of anilines is 1. The average molecular weight is 260 g/mol. The molecule has 1 aliphatic heterocycles. The van der Waals surface area contributed by atoms with Crippen LogP contribution < -0.4 is 10.6 Å². The highest BCUT2D eigenvalue weighted by Crippen LogP contribution is 2.12. The number of ether oxygens (including phenoxy) is 1. The number of quaternary nitrogens is 1. The maximum absolute atomic E-state index is 11.8. The van der Waals surface area contributed by atoms with Crippen molar-refractivity contribution in [3.05, 3.63) is 29.8 Å². The van der Waals surface area contributed by atoms with Gasteiger partial charge >= 0.3 is 0 Å². The number of hydrogen-bond acceptors (Lipinski definition) is 3. The van der Waals surface area contributed by atoms with Crippen LogP contribution in [0.3, 0.4) is 0 Å². The first kappa shape index (κ1) is 13.5. The molecule has 0 unspecified atom stereocenters. The Morgan fingerprint density at radius 3 is 3.11 bits per heavy atom. The van der Waals surface area contributed by atoms with Gasteiger partial charge in [-0.2, -0.15) is 5.26 Å². The van der Waals surface area contributed by atoms with Gasteiger partial charge in [0.15, 0.2) is 6.54 Å². The van der Waals surface area contributed by atoms with Crippen LogP contribution in [0.1, 0.15) is 18.4 Å². The molecule has 1 heterocycles. The fraction of sp³-hybridized carbons (Fsp3) is 0.429. The molecule has 1 amide bonds. The molecule has 5 nitrogen and oxygen atoms in total. The average Bonchev–Trinajstić information content (AvgIpc) is 2.92. The fourth-order valence-electron chi connectivity index (χ4n) is 2.12. The zero-order valence-corrected chi connectivity index (χ0v) is 10.8. The maximum atomic E-state index is 11.8. The number of hydrogen-bond donors (Lipinski definition) is 2. The van der Waals surface area contributed by atoms with E-state index in [1.54, 1.807) is 24.3 Å². The lowest BCUT2D eigenvalue weighted by Crippen LogP contribution is -2.88. The van der Waals surface area contributed by atoms with Gasteiger partial charge in [-0.15, -0.1) is 0 Å². The fourth-order valence-corrected chi connectivity index (χ4v) is 2.12. The van der Waals surface area contributed by atoms with Crippen LogP contribution in [0.2, 0.25) is 0 Å². The van der Waals surface area contributed by atoms with Crippen molar-refractivity contribution in [1.29, 1.82) is 5.26 Å². The van der Waals surface area contributed by atoms with Crippen LogP contribution in [0.4, 0.5) is 5.69 Å². The molecule has 19 heavy (non-hydrogen) atoms. The Balaban J connectivity index is 1.76. The summed E-state index contributed by atoms with van der Waals surface area (Å²) in [4.78, 5) is 11.8. The van der Waals surface area contributed by atoms with Crippen LogP contribution in [-0.2, 0) is 9.53 Å². The largest absolute Gasteiger partial charge is 0.372 e. The van der Waals surface area contributed by atoms with Crippen LogP contribution in [0, 0.1) is 11.3 Å².